The third-order valence-electron chi connectivity index (χ3n) is 4.25. The molecule has 0 radical (unpaired) electrons. The highest BCUT2D eigenvalue weighted by Crippen LogP contribution is 2.28. The highest BCUT2D eigenvalue weighted by Gasteiger charge is 2.21. The molecule has 140 valence electrons. The average Bonchev–Trinajstić information content (AvgIpc) is 3.40. The van der Waals surface area contributed by atoms with Gasteiger partial charge < -0.3 is 9.32 Å². The van der Waals surface area contributed by atoms with Crippen molar-refractivity contribution < 1.29 is 13.6 Å². The quantitative estimate of drug-likeness (QED) is 0.442. The first-order chi connectivity index (χ1) is 13.7. The number of furan rings is 1. The van der Waals surface area contributed by atoms with Crippen LogP contribution in [0.25, 0.3) is 10.6 Å². The molecule has 0 saturated carbocycles. The van der Waals surface area contributed by atoms with Crippen LogP contribution in [0.2, 0.25) is 0 Å². The number of hydrogen-bond donors (Lipinski definition) is 0. The maximum atomic E-state index is 14.0. The van der Waals surface area contributed by atoms with Gasteiger partial charge in [0.25, 0.3) is 5.91 Å². The molecule has 0 fully saturated rings. The monoisotopic (exact) mass is 392 g/mol. The van der Waals surface area contributed by atoms with Crippen LogP contribution in [-0.2, 0) is 13.1 Å². The van der Waals surface area contributed by atoms with Gasteiger partial charge in [-0.25, -0.2) is 9.37 Å². The standard InChI is InChI=1S/C22H17FN2O2S/c23-19-11-5-4-10-18(19)21-24-13-20(28-21)22(26)25(15-17-9-6-12-27-17)14-16-7-2-1-3-8-16/h1-13H,14-15H2. The van der Waals surface area contributed by atoms with Gasteiger partial charge in [0.15, 0.2) is 0 Å². The summed E-state index contributed by atoms with van der Waals surface area (Å²) < 4.78 is 19.5. The first-order valence-electron chi connectivity index (χ1n) is 8.77. The third kappa shape index (κ3) is 4.02. The number of thiazole rings is 1. The smallest absolute Gasteiger partial charge is 0.266 e. The van der Waals surface area contributed by atoms with Crippen molar-refractivity contribution in [2.75, 3.05) is 0 Å². The molecule has 1 amide bonds. The Morgan fingerprint density at radius 1 is 1.00 bits per heavy atom. The Kier molecular flexibility index (Phi) is 5.30. The number of rotatable bonds is 6. The van der Waals surface area contributed by atoms with Gasteiger partial charge in [-0.2, -0.15) is 0 Å². The Bertz CT molecular complexity index is 1060. The fraction of sp³-hybridized carbons (Fsp3) is 0.0909. The maximum Gasteiger partial charge on any atom is 0.266 e. The number of benzene rings is 2. The zero-order valence-corrected chi connectivity index (χ0v) is 15.7. The van der Waals surface area contributed by atoms with Crippen LogP contribution < -0.4 is 0 Å². The fourth-order valence-electron chi connectivity index (χ4n) is 2.88. The van der Waals surface area contributed by atoms with E-state index in [0.717, 1.165) is 5.56 Å². The third-order valence-corrected chi connectivity index (χ3v) is 5.27. The Morgan fingerprint density at radius 3 is 2.54 bits per heavy atom. The predicted octanol–water partition coefficient (Wildman–Crippen LogP) is 5.38. The van der Waals surface area contributed by atoms with Gasteiger partial charge in [0.2, 0.25) is 0 Å². The number of amides is 1. The lowest BCUT2D eigenvalue weighted by atomic mass is 10.2. The molecule has 0 atom stereocenters. The van der Waals surface area contributed by atoms with Crippen LogP contribution in [0.5, 0.6) is 0 Å². The second-order valence-corrected chi connectivity index (χ2v) is 7.27. The van der Waals surface area contributed by atoms with E-state index < -0.39 is 0 Å². The van der Waals surface area contributed by atoms with Gasteiger partial charge in [0.05, 0.1) is 19.0 Å². The van der Waals surface area contributed by atoms with Gasteiger partial charge in [-0.05, 0) is 29.8 Å². The Hall–Kier alpha value is -3.25. The van der Waals surface area contributed by atoms with Crippen LogP contribution in [0.1, 0.15) is 21.0 Å². The number of carbonyl (C=O) groups is 1. The first kappa shape index (κ1) is 18.1. The molecule has 0 saturated heterocycles. The second kappa shape index (κ2) is 8.19. The van der Waals surface area contributed by atoms with E-state index in [0.29, 0.717) is 34.3 Å². The van der Waals surface area contributed by atoms with Crippen molar-refractivity contribution in [3.8, 4) is 10.6 Å². The number of hydrogen-bond acceptors (Lipinski definition) is 4. The topological polar surface area (TPSA) is 46.3 Å². The Morgan fingerprint density at radius 2 is 1.79 bits per heavy atom. The zero-order chi connectivity index (χ0) is 19.3. The molecule has 0 aliphatic heterocycles. The molecule has 6 heteroatoms. The molecule has 28 heavy (non-hydrogen) atoms. The van der Waals surface area contributed by atoms with Gasteiger partial charge in [-0.1, -0.05) is 42.5 Å². The molecular weight excluding hydrogens is 375 g/mol. The summed E-state index contributed by atoms with van der Waals surface area (Å²) in [7, 11) is 0. The molecule has 2 heterocycles. The van der Waals surface area contributed by atoms with Crippen LogP contribution in [-0.4, -0.2) is 15.8 Å². The molecule has 0 aliphatic carbocycles. The second-order valence-electron chi connectivity index (χ2n) is 6.24. The van der Waals surface area contributed by atoms with Crippen LogP contribution in [0, 0.1) is 5.82 Å². The van der Waals surface area contributed by atoms with E-state index in [1.165, 1.54) is 23.6 Å². The summed E-state index contributed by atoms with van der Waals surface area (Å²) in [4.78, 5) is 19.6. The fourth-order valence-corrected chi connectivity index (χ4v) is 3.79. The van der Waals surface area contributed by atoms with Gasteiger partial charge >= 0.3 is 0 Å². The van der Waals surface area contributed by atoms with Crippen LogP contribution in [0.3, 0.4) is 0 Å². The van der Waals surface area contributed by atoms with E-state index in [1.54, 1.807) is 35.4 Å². The lowest BCUT2D eigenvalue weighted by Gasteiger charge is -2.21. The normalized spacial score (nSPS) is 10.8. The van der Waals surface area contributed by atoms with Crippen molar-refractivity contribution in [1.82, 2.24) is 9.88 Å². The van der Waals surface area contributed by atoms with Gasteiger partial charge in [0.1, 0.15) is 21.5 Å². The molecule has 0 bridgehead atoms. The van der Waals surface area contributed by atoms with Crippen molar-refractivity contribution >= 4 is 17.2 Å². The number of nitrogens with zero attached hydrogens (tertiary/aromatic N) is 2. The maximum absolute atomic E-state index is 14.0. The lowest BCUT2D eigenvalue weighted by Crippen LogP contribution is -2.29. The SMILES string of the molecule is O=C(c1cnc(-c2ccccc2F)s1)N(Cc1ccccc1)Cc1ccco1. The van der Waals surface area contributed by atoms with Crippen molar-refractivity contribution in [2.24, 2.45) is 0 Å². The number of carbonyl (C=O) groups excluding carboxylic acids is 1. The van der Waals surface area contributed by atoms with Crippen molar-refractivity contribution in [3.05, 3.63) is 101 Å². The summed E-state index contributed by atoms with van der Waals surface area (Å²) >= 11 is 1.19. The van der Waals surface area contributed by atoms with Gasteiger partial charge in [-0.15, -0.1) is 11.3 Å². The van der Waals surface area contributed by atoms with E-state index in [9.17, 15) is 9.18 Å². The van der Waals surface area contributed by atoms with Crippen molar-refractivity contribution in [2.45, 2.75) is 13.1 Å². The first-order valence-corrected chi connectivity index (χ1v) is 9.58. The molecule has 0 unspecified atom stereocenters. The number of halogens is 1. The summed E-state index contributed by atoms with van der Waals surface area (Å²) in [6.45, 7) is 0.779. The van der Waals surface area contributed by atoms with E-state index in [1.807, 2.05) is 36.4 Å². The van der Waals surface area contributed by atoms with E-state index >= 15 is 0 Å². The minimum atomic E-state index is -0.354. The average molecular weight is 392 g/mol. The van der Waals surface area contributed by atoms with E-state index in [-0.39, 0.29) is 11.7 Å². The highest BCUT2D eigenvalue weighted by atomic mass is 32.1. The molecule has 4 aromatic rings. The molecule has 2 aromatic carbocycles. The van der Waals surface area contributed by atoms with Crippen LogP contribution in [0.15, 0.2) is 83.6 Å². The van der Waals surface area contributed by atoms with Crippen LogP contribution in [0.4, 0.5) is 4.39 Å². The van der Waals surface area contributed by atoms with E-state index in [4.69, 9.17) is 4.42 Å². The summed E-state index contributed by atoms with van der Waals surface area (Å²) in [5.41, 5.74) is 1.41. The van der Waals surface area contributed by atoms with Crippen LogP contribution >= 0.6 is 11.3 Å². The zero-order valence-electron chi connectivity index (χ0n) is 14.9. The van der Waals surface area contributed by atoms with Gasteiger partial charge in [0, 0.05) is 12.1 Å². The predicted molar refractivity (Wildman–Crippen MR) is 106 cm³/mol. The lowest BCUT2D eigenvalue weighted by molar-refractivity contribution is 0.0722. The molecule has 4 nitrogen and oxygen atoms in total. The largest absolute Gasteiger partial charge is 0.467 e. The van der Waals surface area contributed by atoms with Gasteiger partial charge in [-0.3, -0.25) is 4.79 Å². The molecule has 0 spiro atoms. The summed E-state index contributed by atoms with van der Waals surface area (Å²) in [5.74, 6) is 0.177. The van der Waals surface area contributed by atoms with E-state index in [2.05, 4.69) is 4.98 Å². The minimum Gasteiger partial charge on any atom is -0.467 e. The van der Waals surface area contributed by atoms with Crippen molar-refractivity contribution in [3.63, 3.8) is 0 Å². The summed E-state index contributed by atoms with van der Waals surface area (Å²) in [6, 6.07) is 19.8. The Balaban J connectivity index is 1.61. The number of aromatic nitrogens is 1. The summed E-state index contributed by atoms with van der Waals surface area (Å²) in [5, 5.41) is 0.485. The molecule has 2 aromatic heterocycles. The summed E-state index contributed by atoms with van der Waals surface area (Å²) in [6.07, 6.45) is 3.10. The van der Waals surface area contributed by atoms with Crippen molar-refractivity contribution in [1.29, 1.82) is 0 Å². The molecule has 0 aliphatic rings. The molecule has 4 rings (SSSR count). The minimum absolute atomic E-state index is 0.166. The Labute approximate surface area is 165 Å². The highest BCUT2D eigenvalue weighted by molar-refractivity contribution is 7.16. The molecule has 0 N–H and O–H groups in total. The molecular formula is C22H17FN2O2S.